The van der Waals surface area contributed by atoms with Gasteiger partial charge in [0.25, 0.3) is 0 Å². The Bertz CT molecular complexity index is 1120. The maximum absolute atomic E-state index is 15.0. The van der Waals surface area contributed by atoms with Crippen LogP contribution in [-0.2, 0) is 17.8 Å². The van der Waals surface area contributed by atoms with Crippen LogP contribution in [0.3, 0.4) is 0 Å². The third-order valence-corrected chi connectivity index (χ3v) is 7.22. The highest BCUT2D eigenvalue weighted by Crippen LogP contribution is 2.40. The van der Waals surface area contributed by atoms with Crippen LogP contribution < -0.4 is 4.74 Å². The van der Waals surface area contributed by atoms with E-state index in [1.54, 1.807) is 49.6 Å². The van der Waals surface area contributed by atoms with Crippen molar-refractivity contribution in [1.29, 1.82) is 0 Å². The molecule has 0 amide bonds. The number of hydrogen-bond donors (Lipinski definition) is 0. The lowest BCUT2D eigenvalue weighted by atomic mass is 9.76. The van der Waals surface area contributed by atoms with Crippen molar-refractivity contribution in [1.82, 2.24) is 0 Å². The zero-order valence-corrected chi connectivity index (χ0v) is 20.5. The molecular formula is C30H33F3O2. The summed E-state index contributed by atoms with van der Waals surface area (Å²) in [7, 11) is 1.57. The molecule has 0 spiro atoms. The van der Waals surface area contributed by atoms with E-state index in [2.05, 4.69) is 0 Å². The van der Waals surface area contributed by atoms with Crippen molar-refractivity contribution in [3.8, 4) is 16.9 Å². The van der Waals surface area contributed by atoms with E-state index in [1.165, 1.54) is 0 Å². The van der Waals surface area contributed by atoms with Crippen molar-refractivity contribution >= 4 is 0 Å². The number of ether oxygens (including phenoxy) is 2. The summed E-state index contributed by atoms with van der Waals surface area (Å²) in [5.41, 5.74) is 2.95. The molecule has 186 valence electrons. The predicted molar refractivity (Wildman–Crippen MR) is 133 cm³/mol. The Labute approximate surface area is 206 Å². The van der Waals surface area contributed by atoms with E-state index in [4.69, 9.17) is 9.47 Å². The molecule has 0 bridgehead atoms. The Morgan fingerprint density at radius 2 is 1.60 bits per heavy atom. The average Bonchev–Trinajstić information content (AvgIpc) is 2.89. The maximum Gasteiger partial charge on any atom is 0.166 e. The molecule has 1 aliphatic carbocycles. The van der Waals surface area contributed by atoms with Crippen LogP contribution in [0.5, 0.6) is 5.75 Å². The first kappa shape index (κ1) is 25.3. The zero-order chi connectivity index (χ0) is 24.8. The number of rotatable bonds is 9. The van der Waals surface area contributed by atoms with Gasteiger partial charge in [-0.05, 0) is 92.2 Å². The highest BCUT2D eigenvalue weighted by Gasteiger charge is 2.26. The molecule has 1 aliphatic rings. The van der Waals surface area contributed by atoms with Gasteiger partial charge in [-0.3, -0.25) is 0 Å². The summed E-state index contributed by atoms with van der Waals surface area (Å²) in [6, 6.07) is 15.8. The Kier molecular flexibility index (Phi) is 8.50. The van der Waals surface area contributed by atoms with Gasteiger partial charge in [-0.2, -0.15) is 0 Å². The molecule has 0 atom stereocenters. The Hall–Kier alpha value is -2.79. The molecule has 0 N–H and O–H groups in total. The minimum Gasteiger partial charge on any atom is -0.497 e. The summed E-state index contributed by atoms with van der Waals surface area (Å²) in [5.74, 6) is -0.513. The smallest absolute Gasteiger partial charge is 0.166 e. The molecule has 3 aromatic carbocycles. The molecule has 0 radical (unpaired) electrons. The lowest BCUT2D eigenvalue weighted by Crippen LogP contribution is -2.15. The second-order valence-corrected chi connectivity index (χ2v) is 9.38. The molecule has 3 aromatic rings. The van der Waals surface area contributed by atoms with E-state index >= 15 is 4.39 Å². The first-order chi connectivity index (χ1) is 17.0. The molecule has 0 saturated heterocycles. The number of hydrogen-bond acceptors (Lipinski definition) is 2. The van der Waals surface area contributed by atoms with Crippen molar-refractivity contribution in [2.24, 2.45) is 5.92 Å². The first-order valence-corrected chi connectivity index (χ1v) is 12.5. The highest BCUT2D eigenvalue weighted by atomic mass is 19.2. The fourth-order valence-corrected chi connectivity index (χ4v) is 5.08. The zero-order valence-electron chi connectivity index (χ0n) is 20.5. The predicted octanol–water partition coefficient (Wildman–Crippen LogP) is 8.22. The maximum atomic E-state index is 15.0. The van der Waals surface area contributed by atoms with Crippen LogP contribution >= 0.6 is 0 Å². The Balaban J connectivity index is 1.33. The fraction of sp³-hybridized carbons (Fsp3) is 0.400. The molecule has 5 heteroatoms. The number of methoxy groups -OCH3 is 1. The normalized spacial score (nSPS) is 18.0. The third-order valence-electron chi connectivity index (χ3n) is 7.22. The van der Waals surface area contributed by atoms with Crippen LogP contribution in [0, 0.1) is 23.4 Å². The van der Waals surface area contributed by atoms with E-state index in [1.807, 2.05) is 19.1 Å². The van der Waals surface area contributed by atoms with E-state index in [9.17, 15) is 8.78 Å². The van der Waals surface area contributed by atoms with Gasteiger partial charge in [-0.15, -0.1) is 0 Å². The summed E-state index contributed by atoms with van der Waals surface area (Å²) in [5, 5.41) is 0. The lowest BCUT2D eigenvalue weighted by Gasteiger charge is -2.29. The van der Waals surface area contributed by atoms with Gasteiger partial charge in [0.15, 0.2) is 11.6 Å². The quantitative estimate of drug-likeness (QED) is 0.306. The molecule has 0 aliphatic heterocycles. The average molecular weight is 483 g/mol. The minimum absolute atomic E-state index is 0.0287. The van der Waals surface area contributed by atoms with Gasteiger partial charge < -0.3 is 9.47 Å². The van der Waals surface area contributed by atoms with Gasteiger partial charge in [0.05, 0.1) is 13.7 Å². The van der Waals surface area contributed by atoms with Crippen molar-refractivity contribution < 1.29 is 22.6 Å². The van der Waals surface area contributed by atoms with Gasteiger partial charge in [0, 0.05) is 17.7 Å². The Morgan fingerprint density at radius 3 is 2.26 bits per heavy atom. The van der Waals surface area contributed by atoms with Crippen LogP contribution in [0.2, 0.25) is 0 Å². The van der Waals surface area contributed by atoms with Gasteiger partial charge in [-0.1, -0.05) is 36.4 Å². The number of aryl methyl sites for hydroxylation is 1. The lowest BCUT2D eigenvalue weighted by molar-refractivity contribution is 0.131. The third kappa shape index (κ3) is 6.07. The van der Waals surface area contributed by atoms with E-state index < -0.39 is 11.6 Å². The van der Waals surface area contributed by atoms with Crippen LogP contribution in [-0.4, -0.2) is 13.7 Å². The summed E-state index contributed by atoms with van der Waals surface area (Å²) < 4.78 is 54.7. The monoisotopic (exact) mass is 482 g/mol. The van der Waals surface area contributed by atoms with E-state index in [0.29, 0.717) is 41.6 Å². The van der Waals surface area contributed by atoms with Crippen LogP contribution in [0.15, 0.2) is 54.6 Å². The molecule has 1 saturated carbocycles. The highest BCUT2D eigenvalue weighted by molar-refractivity contribution is 5.65. The molecule has 2 nitrogen and oxygen atoms in total. The van der Waals surface area contributed by atoms with Crippen molar-refractivity contribution in [2.45, 2.75) is 58.0 Å². The molecule has 4 rings (SSSR count). The van der Waals surface area contributed by atoms with Crippen molar-refractivity contribution in [3.05, 3.63) is 88.7 Å². The summed E-state index contributed by atoms with van der Waals surface area (Å²) in [6.07, 6.45) is 5.41. The van der Waals surface area contributed by atoms with Crippen LogP contribution in [0.4, 0.5) is 13.2 Å². The summed E-state index contributed by atoms with van der Waals surface area (Å²) >= 11 is 0. The minimum atomic E-state index is -0.787. The molecular weight excluding hydrogens is 449 g/mol. The molecule has 0 unspecified atom stereocenters. The molecule has 1 fully saturated rings. The van der Waals surface area contributed by atoms with Gasteiger partial charge in [0.1, 0.15) is 11.6 Å². The second-order valence-electron chi connectivity index (χ2n) is 9.38. The molecule has 0 heterocycles. The fourth-order valence-electron chi connectivity index (χ4n) is 5.08. The van der Waals surface area contributed by atoms with Crippen molar-refractivity contribution in [3.63, 3.8) is 0 Å². The van der Waals surface area contributed by atoms with E-state index in [-0.39, 0.29) is 17.3 Å². The first-order valence-electron chi connectivity index (χ1n) is 12.5. The largest absolute Gasteiger partial charge is 0.497 e. The summed E-state index contributed by atoms with van der Waals surface area (Å²) in [6.45, 7) is 2.75. The van der Waals surface area contributed by atoms with Gasteiger partial charge in [0.2, 0.25) is 0 Å². The molecule has 35 heavy (non-hydrogen) atoms. The number of benzene rings is 3. The number of halogens is 3. The van der Waals surface area contributed by atoms with Crippen LogP contribution in [0.25, 0.3) is 11.1 Å². The van der Waals surface area contributed by atoms with Gasteiger partial charge in [-0.25, -0.2) is 13.2 Å². The second kappa shape index (κ2) is 11.8. The van der Waals surface area contributed by atoms with Crippen LogP contribution in [0.1, 0.15) is 61.6 Å². The van der Waals surface area contributed by atoms with Gasteiger partial charge >= 0.3 is 0 Å². The standard InChI is InChI=1S/C30H33F3O2/c1-3-35-19-24-11-8-21(18-28(24)31)5-4-20-6-9-22(10-7-20)26-16-17-27(30(33)29(26)32)23-12-14-25(34-2)15-13-23/h8,11-18,20,22H,3-7,9-10,19H2,1-2H3. The van der Waals surface area contributed by atoms with E-state index in [0.717, 1.165) is 44.1 Å². The van der Waals surface area contributed by atoms with Crippen molar-refractivity contribution in [2.75, 3.05) is 13.7 Å². The summed E-state index contributed by atoms with van der Waals surface area (Å²) in [4.78, 5) is 0. The topological polar surface area (TPSA) is 18.5 Å². The molecule has 0 aromatic heterocycles. The SMILES string of the molecule is CCOCc1ccc(CCC2CCC(c3ccc(-c4ccc(OC)cc4)c(F)c3F)CC2)cc1F. The Morgan fingerprint density at radius 1 is 0.857 bits per heavy atom.